The lowest BCUT2D eigenvalue weighted by Crippen LogP contribution is -2.33. The van der Waals surface area contributed by atoms with Gasteiger partial charge in [0, 0.05) is 12.0 Å². The van der Waals surface area contributed by atoms with Crippen molar-refractivity contribution in [2.75, 3.05) is 13.6 Å². The van der Waals surface area contributed by atoms with Crippen LogP contribution in [0.25, 0.3) is 0 Å². The third-order valence-corrected chi connectivity index (χ3v) is 3.63. The van der Waals surface area contributed by atoms with Gasteiger partial charge in [-0.25, -0.2) is 0 Å². The lowest BCUT2D eigenvalue weighted by molar-refractivity contribution is 0.286. The van der Waals surface area contributed by atoms with E-state index in [2.05, 4.69) is 50.1 Å². The van der Waals surface area contributed by atoms with Crippen LogP contribution in [0.3, 0.4) is 0 Å². The second kappa shape index (κ2) is 6.12. The molecule has 0 aromatic heterocycles. The quantitative estimate of drug-likeness (QED) is 0.787. The lowest BCUT2D eigenvalue weighted by atomic mass is 9.89. The van der Waals surface area contributed by atoms with E-state index in [-0.39, 0.29) is 5.41 Å². The van der Waals surface area contributed by atoms with Crippen molar-refractivity contribution in [2.24, 2.45) is 11.1 Å². The van der Waals surface area contributed by atoms with Crippen molar-refractivity contribution in [3.05, 3.63) is 35.9 Å². The van der Waals surface area contributed by atoms with Gasteiger partial charge >= 0.3 is 0 Å². The number of hydrogen-bond donors (Lipinski definition) is 1. The first-order chi connectivity index (χ1) is 7.92. The minimum Gasteiger partial charge on any atom is -0.393 e. The second-order valence-electron chi connectivity index (χ2n) is 5.22. The molecule has 0 aliphatic rings. The Hall–Kier alpha value is -0.930. The highest BCUT2D eigenvalue weighted by Crippen LogP contribution is 2.21. The smallest absolute Gasteiger partial charge is 0.0784 e. The van der Waals surface area contributed by atoms with Crippen molar-refractivity contribution in [3.8, 4) is 0 Å². The molecule has 0 atom stereocenters. The highest BCUT2D eigenvalue weighted by atomic mass is 32.1. The maximum atomic E-state index is 5.72. The molecular formula is C14H22N2S. The van der Waals surface area contributed by atoms with Crippen molar-refractivity contribution in [1.29, 1.82) is 0 Å². The average molecular weight is 250 g/mol. The third kappa shape index (κ3) is 4.84. The molecule has 1 aromatic carbocycles. The van der Waals surface area contributed by atoms with Gasteiger partial charge in [-0.05, 0) is 25.6 Å². The van der Waals surface area contributed by atoms with E-state index in [9.17, 15) is 0 Å². The molecule has 2 nitrogen and oxygen atoms in total. The highest BCUT2D eigenvalue weighted by molar-refractivity contribution is 7.80. The second-order valence-corrected chi connectivity index (χ2v) is 5.66. The Balaban J connectivity index is 2.41. The van der Waals surface area contributed by atoms with Gasteiger partial charge < -0.3 is 10.6 Å². The van der Waals surface area contributed by atoms with Crippen LogP contribution in [0.2, 0.25) is 0 Å². The van der Waals surface area contributed by atoms with Gasteiger partial charge in [-0.3, -0.25) is 0 Å². The van der Waals surface area contributed by atoms with Gasteiger partial charge in [0.05, 0.1) is 4.99 Å². The van der Waals surface area contributed by atoms with Crippen molar-refractivity contribution < 1.29 is 0 Å². The van der Waals surface area contributed by atoms with Crippen LogP contribution in [0.15, 0.2) is 30.3 Å². The van der Waals surface area contributed by atoms with Crippen LogP contribution < -0.4 is 5.73 Å². The summed E-state index contributed by atoms with van der Waals surface area (Å²) in [7, 11) is 2.13. The molecule has 0 aliphatic heterocycles. The van der Waals surface area contributed by atoms with E-state index in [1.165, 1.54) is 5.56 Å². The Labute approximate surface area is 110 Å². The van der Waals surface area contributed by atoms with Crippen LogP contribution in [-0.2, 0) is 6.54 Å². The molecule has 0 aliphatic carbocycles. The van der Waals surface area contributed by atoms with E-state index in [4.69, 9.17) is 18.0 Å². The molecular weight excluding hydrogens is 228 g/mol. The summed E-state index contributed by atoms with van der Waals surface area (Å²) < 4.78 is 0. The van der Waals surface area contributed by atoms with Crippen molar-refractivity contribution in [3.63, 3.8) is 0 Å². The summed E-state index contributed by atoms with van der Waals surface area (Å²) in [5.74, 6) is 0. The molecule has 0 saturated carbocycles. The number of rotatable bonds is 6. The summed E-state index contributed by atoms with van der Waals surface area (Å²) in [6.45, 7) is 6.17. The molecule has 1 aromatic rings. The predicted molar refractivity (Wildman–Crippen MR) is 78.0 cm³/mol. The Morgan fingerprint density at radius 2 is 1.88 bits per heavy atom. The fourth-order valence-corrected chi connectivity index (χ4v) is 1.67. The largest absolute Gasteiger partial charge is 0.393 e. The first-order valence-corrected chi connectivity index (χ1v) is 6.35. The summed E-state index contributed by atoms with van der Waals surface area (Å²) in [4.78, 5) is 2.90. The molecule has 0 heterocycles. The number of nitrogens with zero attached hydrogens (tertiary/aromatic N) is 1. The SMILES string of the molecule is CN(CCC(C)(C)C(N)=S)Cc1ccccc1. The molecule has 0 unspecified atom stereocenters. The molecule has 0 amide bonds. The van der Waals surface area contributed by atoms with Gasteiger partial charge in [0.25, 0.3) is 0 Å². The van der Waals surface area contributed by atoms with Crippen LogP contribution in [0, 0.1) is 5.41 Å². The van der Waals surface area contributed by atoms with Crippen molar-refractivity contribution in [1.82, 2.24) is 4.90 Å². The number of hydrogen-bond acceptors (Lipinski definition) is 2. The Morgan fingerprint density at radius 1 is 1.29 bits per heavy atom. The Kier molecular flexibility index (Phi) is 5.09. The van der Waals surface area contributed by atoms with Gasteiger partial charge in [-0.2, -0.15) is 0 Å². The van der Waals surface area contributed by atoms with Crippen LogP contribution in [0.4, 0.5) is 0 Å². The Bertz CT molecular complexity index is 360. The van der Waals surface area contributed by atoms with E-state index in [1.807, 2.05) is 6.07 Å². The van der Waals surface area contributed by atoms with E-state index >= 15 is 0 Å². The molecule has 17 heavy (non-hydrogen) atoms. The van der Waals surface area contributed by atoms with Gasteiger partial charge in [-0.15, -0.1) is 0 Å². The molecule has 0 saturated heterocycles. The van der Waals surface area contributed by atoms with Crippen LogP contribution >= 0.6 is 12.2 Å². The molecule has 0 bridgehead atoms. The minimum atomic E-state index is -0.0553. The molecule has 94 valence electrons. The fourth-order valence-electron chi connectivity index (χ4n) is 1.57. The zero-order valence-electron chi connectivity index (χ0n) is 10.9. The standard InChI is InChI=1S/C14H22N2S/c1-14(2,13(15)17)9-10-16(3)11-12-7-5-4-6-8-12/h4-8H,9-11H2,1-3H3,(H2,15,17). The lowest BCUT2D eigenvalue weighted by Gasteiger charge is -2.26. The van der Waals surface area contributed by atoms with E-state index < -0.39 is 0 Å². The maximum Gasteiger partial charge on any atom is 0.0784 e. The molecule has 3 heteroatoms. The minimum absolute atomic E-state index is 0.0553. The number of thiocarbonyl (C=S) groups is 1. The summed E-state index contributed by atoms with van der Waals surface area (Å²) in [6, 6.07) is 10.5. The van der Waals surface area contributed by atoms with Gasteiger partial charge in [0.2, 0.25) is 0 Å². The third-order valence-electron chi connectivity index (χ3n) is 3.08. The summed E-state index contributed by atoms with van der Waals surface area (Å²) in [5.41, 5.74) is 7.00. The molecule has 2 N–H and O–H groups in total. The van der Waals surface area contributed by atoms with Crippen molar-refractivity contribution in [2.45, 2.75) is 26.8 Å². The maximum absolute atomic E-state index is 5.72. The first kappa shape index (κ1) is 14.1. The molecule has 0 spiro atoms. The fraction of sp³-hybridized carbons (Fsp3) is 0.500. The van der Waals surface area contributed by atoms with E-state index in [1.54, 1.807) is 0 Å². The summed E-state index contributed by atoms with van der Waals surface area (Å²) in [6.07, 6.45) is 0.992. The van der Waals surface area contributed by atoms with Gasteiger partial charge in [-0.1, -0.05) is 56.4 Å². The number of benzene rings is 1. The van der Waals surface area contributed by atoms with Gasteiger partial charge in [0.15, 0.2) is 0 Å². The van der Waals surface area contributed by atoms with Crippen LogP contribution in [0.1, 0.15) is 25.8 Å². The first-order valence-electron chi connectivity index (χ1n) is 5.94. The van der Waals surface area contributed by atoms with Gasteiger partial charge in [0.1, 0.15) is 0 Å². The normalized spacial score (nSPS) is 11.8. The summed E-state index contributed by atoms with van der Waals surface area (Å²) >= 11 is 5.07. The van der Waals surface area contributed by atoms with Crippen molar-refractivity contribution >= 4 is 17.2 Å². The zero-order chi connectivity index (χ0) is 12.9. The predicted octanol–water partition coefficient (Wildman–Crippen LogP) is 2.82. The number of nitrogens with two attached hydrogens (primary N) is 1. The average Bonchev–Trinajstić information content (AvgIpc) is 2.28. The van der Waals surface area contributed by atoms with E-state index in [0.717, 1.165) is 19.5 Å². The Morgan fingerprint density at radius 3 is 2.41 bits per heavy atom. The summed E-state index contributed by atoms with van der Waals surface area (Å²) in [5, 5.41) is 0. The highest BCUT2D eigenvalue weighted by Gasteiger charge is 2.21. The monoisotopic (exact) mass is 250 g/mol. The van der Waals surface area contributed by atoms with Crippen LogP contribution in [-0.4, -0.2) is 23.5 Å². The molecule has 1 rings (SSSR count). The molecule has 0 fully saturated rings. The zero-order valence-corrected chi connectivity index (χ0v) is 11.8. The molecule has 0 radical (unpaired) electrons. The van der Waals surface area contributed by atoms with E-state index in [0.29, 0.717) is 4.99 Å². The van der Waals surface area contributed by atoms with Crippen LogP contribution in [0.5, 0.6) is 0 Å². The topological polar surface area (TPSA) is 29.3 Å².